The highest BCUT2D eigenvalue weighted by molar-refractivity contribution is 5.89. The molecule has 0 saturated carbocycles. The normalized spacial score (nSPS) is 11.1. The molecular weight excluding hydrogens is 254 g/mol. The Balaban J connectivity index is 2.40. The zero-order valence-electron chi connectivity index (χ0n) is 12.9. The minimum absolute atomic E-state index is 0.00275. The summed E-state index contributed by atoms with van der Waals surface area (Å²) in [6.45, 7) is 9.44. The second-order valence-corrected chi connectivity index (χ2v) is 5.98. The van der Waals surface area contributed by atoms with Gasteiger partial charge in [-0.05, 0) is 37.1 Å². The van der Waals surface area contributed by atoms with Gasteiger partial charge in [-0.3, -0.25) is 9.59 Å². The van der Waals surface area contributed by atoms with Crippen LogP contribution in [0.5, 0.6) is 5.75 Å². The number of rotatable bonds is 5. The van der Waals surface area contributed by atoms with Crippen LogP contribution in [-0.2, 0) is 9.59 Å². The van der Waals surface area contributed by atoms with Crippen molar-refractivity contribution in [2.24, 2.45) is 5.41 Å². The maximum Gasteiger partial charge on any atom is 0.258 e. The summed E-state index contributed by atoms with van der Waals surface area (Å²) in [5, 5.41) is 2.57. The van der Waals surface area contributed by atoms with Crippen molar-refractivity contribution in [3.63, 3.8) is 0 Å². The van der Waals surface area contributed by atoms with Crippen LogP contribution in [0.3, 0.4) is 0 Å². The van der Waals surface area contributed by atoms with E-state index in [-0.39, 0.29) is 24.8 Å². The summed E-state index contributed by atoms with van der Waals surface area (Å²) in [6, 6.07) is 5.67. The lowest BCUT2D eigenvalue weighted by molar-refractivity contribution is -0.129. The molecule has 1 rings (SSSR count). The van der Waals surface area contributed by atoms with Gasteiger partial charge >= 0.3 is 0 Å². The van der Waals surface area contributed by atoms with Crippen LogP contribution in [-0.4, -0.2) is 24.8 Å². The summed E-state index contributed by atoms with van der Waals surface area (Å²) in [5.74, 6) is 0.364. The van der Waals surface area contributed by atoms with E-state index in [1.165, 1.54) is 5.56 Å². The Labute approximate surface area is 120 Å². The molecular formula is C16H23NO3. The van der Waals surface area contributed by atoms with Crippen molar-refractivity contribution in [2.45, 2.75) is 34.6 Å². The van der Waals surface area contributed by atoms with Crippen LogP contribution in [0.15, 0.2) is 18.2 Å². The number of carbonyl (C=O) groups excluding carboxylic acids is 2. The van der Waals surface area contributed by atoms with E-state index in [4.69, 9.17) is 4.74 Å². The van der Waals surface area contributed by atoms with Crippen LogP contribution in [0.25, 0.3) is 0 Å². The minimum Gasteiger partial charge on any atom is -0.484 e. The highest BCUT2D eigenvalue weighted by Crippen LogP contribution is 2.16. The lowest BCUT2D eigenvalue weighted by Crippen LogP contribution is -2.37. The lowest BCUT2D eigenvalue weighted by Gasteiger charge is -2.16. The predicted molar refractivity (Wildman–Crippen MR) is 78.9 cm³/mol. The van der Waals surface area contributed by atoms with Gasteiger partial charge in [-0.1, -0.05) is 26.8 Å². The number of Topliss-reactive ketones (excluding diaryl/α,β-unsaturated/α-hetero) is 1. The number of ketones is 1. The molecule has 4 nitrogen and oxygen atoms in total. The van der Waals surface area contributed by atoms with Crippen LogP contribution in [0.4, 0.5) is 0 Å². The third-order valence-electron chi connectivity index (χ3n) is 3.13. The molecule has 0 saturated heterocycles. The number of aryl methyl sites for hydroxylation is 2. The molecule has 1 aromatic rings. The van der Waals surface area contributed by atoms with Crippen molar-refractivity contribution in [1.82, 2.24) is 5.32 Å². The molecule has 0 bridgehead atoms. The van der Waals surface area contributed by atoms with E-state index >= 15 is 0 Å². The topological polar surface area (TPSA) is 55.4 Å². The first kappa shape index (κ1) is 16.2. The van der Waals surface area contributed by atoms with Gasteiger partial charge in [0.2, 0.25) is 0 Å². The number of carbonyl (C=O) groups is 2. The third kappa shape index (κ3) is 5.03. The standard InChI is InChI=1S/C16H23NO3/c1-11-6-7-13(8-12(11)2)20-10-15(19)17-9-14(18)16(3,4)5/h6-8H,9-10H2,1-5H3,(H,17,19). The van der Waals surface area contributed by atoms with Crippen molar-refractivity contribution in [3.05, 3.63) is 29.3 Å². The van der Waals surface area contributed by atoms with E-state index in [1.54, 1.807) is 0 Å². The summed E-state index contributed by atoms with van der Waals surface area (Å²) in [4.78, 5) is 23.3. The minimum atomic E-state index is -0.442. The van der Waals surface area contributed by atoms with Gasteiger partial charge < -0.3 is 10.1 Å². The second-order valence-electron chi connectivity index (χ2n) is 5.98. The summed E-state index contributed by atoms with van der Waals surface area (Å²) < 4.78 is 5.40. The van der Waals surface area contributed by atoms with E-state index in [9.17, 15) is 9.59 Å². The Morgan fingerprint density at radius 3 is 2.35 bits per heavy atom. The Morgan fingerprint density at radius 2 is 1.80 bits per heavy atom. The van der Waals surface area contributed by atoms with Gasteiger partial charge in [0, 0.05) is 5.41 Å². The maximum absolute atomic E-state index is 11.7. The molecule has 1 aromatic carbocycles. The van der Waals surface area contributed by atoms with Crippen molar-refractivity contribution >= 4 is 11.7 Å². The Hall–Kier alpha value is -1.84. The predicted octanol–water partition coefficient (Wildman–Crippen LogP) is 2.41. The summed E-state index contributed by atoms with van der Waals surface area (Å²) >= 11 is 0. The number of nitrogens with one attached hydrogen (secondary N) is 1. The van der Waals surface area contributed by atoms with E-state index in [0.29, 0.717) is 5.75 Å². The van der Waals surface area contributed by atoms with Crippen molar-refractivity contribution < 1.29 is 14.3 Å². The van der Waals surface area contributed by atoms with Gasteiger partial charge in [0.05, 0.1) is 6.54 Å². The number of amides is 1. The Kier molecular flexibility index (Phi) is 5.31. The van der Waals surface area contributed by atoms with Crippen molar-refractivity contribution in [3.8, 4) is 5.75 Å². The largest absolute Gasteiger partial charge is 0.484 e. The maximum atomic E-state index is 11.7. The molecule has 4 heteroatoms. The number of benzene rings is 1. The summed E-state index contributed by atoms with van der Waals surface area (Å²) in [6.07, 6.45) is 0. The molecule has 0 aliphatic carbocycles. The Bertz CT molecular complexity index is 501. The highest BCUT2D eigenvalue weighted by Gasteiger charge is 2.21. The van der Waals surface area contributed by atoms with Gasteiger partial charge in [-0.2, -0.15) is 0 Å². The fourth-order valence-corrected chi connectivity index (χ4v) is 1.45. The van der Waals surface area contributed by atoms with Crippen LogP contribution in [0.2, 0.25) is 0 Å². The fraction of sp³-hybridized carbons (Fsp3) is 0.500. The van der Waals surface area contributed by atoms with Gasteiger partial charge in [-0.15, -0.1) is 0 Å². The van der Waals surface area contributed by atoms with E-state index in [0.717, 1.165) is 5.56 Å². The first-order valence-corrected chi connectivity index (χ1v) is 6.70. The van der Waals surface area contributed by atoms with Gasteiger partial charge in [0.15, 0.2) is 12.4 Å². The molecule has 1 amide bonds. The van der Waals surface area contributed by atoms with Crippen LogP contribution in [0, 0.1) is 19.3 Å². The molecule has 0 heterocycles. The molecule has 0 unspecified atom stereocenters. The van der Waals surface area contributed by atoms with Gasteiger partial charge in [0.1, 0.15) is 5.75 Å². The van der Waals surface area contributed by atoms with Gasteiger partial charge in [0.25, 0.3) is 5.91 Å². The van der Waals surface area contributed by atoms with E-state index in [1.807, 2.05) is 52.8 Å². The van der Waals surface area contributed by atoms with Crippen molar-refractivity contribution in [1.29, 1.82) is 0 Å². The molecule has 110 valence electrons. The molecule has 0 aliphatic rings. The van der Waals surface area contributed by atoms with Crippen LogP contribution in [0.1, 0.15) is 31.9 Å². The highest BCUT2D eigenvalue weighted by atomic mass is 16.5. The quantitative estimate of drug-likeness (QED) is 0.899. The molecule has 0 atom stereocenters. The number of hydrogen-bond donors (Lipinski definition) is 1. The lowest BCUT2D eigenvalue weighted by atomic mass is 9.91. The second kappa shape index (κ2) is 6.55. The molecule has 0 aliphatic heterocycles. The van der Waals surface area contributed by atoms with Crippen LogP contribution < -0.4 is 10.1 Å². The monoisotopic (exact) mass is 277 g/mol. The third-order valence-corrected chi connectivity index (χ3v) is 3.13. The summed E-state index contributed by atoms with van der Waals surface area (Å²) in [5.41, 5.74) is 1.85. The molecule has 1 N–H and O–H groups in total. The molecule has 20 heavy (non-hydrogen) atoms. The molecule has 0 spiro atoms. The average Bonchev–Trinajstić information content (AvgIpc) is 2.36. The fourth-order valence-electron chi connectivity index (χ4n) is 1.45. The Morgan fingerprint density at radius 1 is 1.15 bits per heavy atom. The number of hydrogen-bond acceptors (Lipinski definition) is 3. The number of ether oxygens (including phenoxy) is 1. The van der Waals surface area contributed by atoms with E-state index < -0.39 is 5.41 Å². The molecule has 0 radical (unpaired) electrons. The molecule has 0 fully saturated rings. The van der Waals surface area contributed by atoms with E-state index in [2.05, 4.69) is 5.32 Å². The summed E-state index contributed by atoms with van der Waals surface area (Å²) in [7, 11) is 0. The van der Waals surface area contributed by atoms with Gasteiger partial charge in [-0.25, -0.2) is 0 Å². The zero-order valence-corrected chi connectivity index (χ0v) is 12.9. The molecule has 0 aromatic heterocycles. The van der Waals surface area contributed by atoms with Crippen LogP contribution >= 0.6 is 0 Å². The smallest absolute Gasteiger partial charge is 0.258 e. The zero-order chi connectivity index (χ0) is 15.3. The van der Waals surface area contributed by atoms with Crippen molar-refractivity contribution in [2.75, 3.05) is 13.2 Å². The SMILES string of the molecule is Cc1ccc(OCC(=O)NCC(=O)C(C)(C)C)cc1C. The average molecular weight is 277 g/mol. The first-order valence-electron chi connectivity index (χ1n) is 6.70. The first-order chi connectivity index (χ1) is 9.20.